The number of nitrogens with two attached hydrogens (primary N) is 1. The molecule has 5 aromatic rings. The Labute approximate surface area is 157 Å². The Hall–Kier alpha value is -3.04. The molecule has 126 valence electrons. The van der Waals surface area contributed by atoms with Crippen LogP contribution in [0.15, 0.2) is 83.8 Å². The highest BCUT2D eigenvalue weighted by molar-refractivity contribution is 7.80. The van der Waals surface area contributed by atoms with E-state index in [1.165, 1.54) is 43.4 Å². The smallest absolute Gasteiger partial charge is 0.204 e. The summed E-state index contributed by atoms with van der Waals surface area (Å²) >= 11 is 4.40. The molecule has 2 N–H and O–H groups in total. The summed E-state index contributed by atoms with van der Waals surface area (Å²) in [5.41, 5.74) is 6.69. The summed E-state index contributed by atoms with van der Waals surface area (Å²) in [5, 5.41) is 7.98. The topological polar surface area (TPSA) is 43.1 Å². The predicted molar refractivity (Wildman–Crippen MR) is 113 cm³/mol. The largest absolute Gasteiger partial charge is 0.372 e. The van der Waals surface area contributed by atoms with Crippen LogP contribution in [-0.4, -0.2) is 6.41 Å². The van der Waals surface area contributed by atoms with Crippen LogP contribution >= 0.6 is 12.6 Å². The van der Waals surface area contributed by atoms with E-state index < -0.39 is 0 Å². The molecule has 0 unspecified atom stereocenters. The fourth-order valence-corrected chi connectivity index (χ4v) is 3.78. The highest BCUT2D eigenvalue weighted by atomic mass is 32.1. The first-order valence-corrected chi connectivity index (χ1v) is 8.79. The molecule has 0 aliphatic rings. The maximum absolute atomic E-state index is 8.58. The first kappa shape index (κ1) is 16.4. The van der Waals surface area contributed by atoms with Gasteiger partial charge in [0.05, 0.1) is 0 Å². The molecule has 0 spiro atoms. The standard InChI is InChI=1S/C22H14S.CH3NO/c23-18-10-6-14(7-11-18)19-12-8-17-5-4-15-2-1-3-16-9-13-20(19)22(17)21(15)16;2-1-3/h1-13,23H;1H,(H2,2,3). The fraction of sp³-hybridized carbons (Fsp3) is 0. The van der Waals surface area contributed by atoms with E-state index in [0.717, 1.165) is 4.90 Å². The fourth-order valence-electron chi connectivity index (χ4n) is 3.63. The average molecular weight is 355 g/mol. The second-order valence-electron chi connectivity index (χ2n) is 6.15. The van der Waals surface area contributed by atoms with Gasteiger partial charge in [0.15, 0.2) is 0 Å². The SMILES string of the molecule is NC=O.Sc1ccc(-c2ccc3ccc4cccc5ccc2c3c45)cc1. The molecule has 0 saturated carbocycles. The molecule has 26 heavy (non-hydrogen) atoms. The van der Waals surface area contributed by atoms with Crippen LogP contribution in [0.25, 0.3) is 43.4 Å². The van der Waals surface area contributed by atoms with Crippen molar-refractivity contribution in [1.29, 1.82) is 0 Å². The highest BCUT2D eigenvalue weighted by Gasteiger charge is 2.11. The van der Waals surface area contributed by atoms with Crippen molar-refractivity contribution in [1.82, 2.24) is 0 Å². The summed E-state index contributed by atoms with van der Waals surface area (Å²) in [6.45, 7) is 0. The summed E-state index contributed by atoms with van der Waals surface area (Å²) in [6.07, 6.45) is 0.250. The molecule has 5 rings (SSSR count). The van der Waals surface area contributed by atoms with E-state index in [-0.39, 0.29) is 6.41 Å². The second kappa shape index (κ2) is 6.70. The van der Waals surface area contributed by atoms with Crippen LogP contribution in [0.2, 0.25) is 0 Å². The van der Waals surface area contributed by atoms with Gasteiger partial charge in [-0.2, -0.15) is 0 Å². The minimum Gasteiger partial charge on any atom is -0.372 e. The summed E-state index contributed by atoms with van der Waals surface area (Å²) in [7, 11) is 0. The van der Waals surface area contributed by atoms with Gasteiger partial charge in [-0.1, -0.05) is 66.7 Å². The number of carbonyl (C=O) groups is 1. The zero-order valence-electron chi connectivity index (χ0n) is 14.0. The second-order valence-corrected chi connectivity index (χ2v) is 6.67. The molecule has 0 saturated heterocycles. The molecule has 3 heteroatoms. The lowest BCUT2D eigenvalue weighted by atomic mass is 9.90. The van der Waals surface area contributed by atoms with E-state index in [4.69, 9.17) is 4.79 Å². The number of rotatable bonds is 1. The van der Waals surface area contributed by atoms with Gasteiger partial charge in [0, 0.05) is 4.90 Å². The Morgan fingerprint density at radius 2 is 1.23 bits per heavy atom. The molecule has 5 aromatic carbocycles. The van der Waals surface area contributed by atoms with Crippen LogP contribution < -0.4 is 5.73 Å². The minimum absolute atomic E-state index is 0.250. The third kappa shape index (κ3) is 2.67. The van der Waals surface area contributed by atoms with Crippen LogP contribution in [0.4, 0.5) is 0 Å². The summed E-state index contributed by atoms with van der Waals surface area (Å²) < 4.78 is 0. The van der Waals surface area contributed by atoms with E-state index in [1.54, 1.807) is 0 Å². The first-order chi connectivity index (χ1) is 12.7. The van der Waals surface area contributed by atoms with Gasteiger partial charge >= 0.3 is 0 Å². The minimum atomic E-state index is 0.250. The van der Waals surface area contributed by atoms with E-state index in [1.807, 2.05) is 0 Å². The number of benzene rings is 5. The van der Waals surface area contributed by atoms with Crippen LogP contribution in [-0.2, 0) is 4.79 Å². The number of primary amides is 1. The Kier molecular flexibility index (Phi) is 4.23. The third-order valence-corrected chi connectivity index (χ3v) is 5.01. The van der Waals surface area contributed by atoms with Crippen LogP contribution in [0.1, 0.15) is 0 Å². The number of hydrogen-bond donors (Lipinski definition) is 2. The van der Waals surface area contributed by atoms with E-state index in [9.17, 15) is 0 Å². The zero-order chi connectivity index (χ0) is 18.1. The number of thiol groups is 1. The third-order valence-electron chi connectivity index (χ3n) is 4.71. The lowest BCUT2D eigenvalue weighted by molar-refractivity contribution is -0.106. The van der Waals surface area contributed by atoms with Crippen molar-refractivity contribution < 1.29 is 4.79 Å². The van der Waals surface area contributed by atoms with Crippen molar-refractivity contribution in [3.63, 3.8) is 0 Å². The van der Waals surface area contributed by atoms with Crippen molar-refractivity contribution in [2.45, 2.75) is 4.90 Å². The van der Waals surface area contributed by atoms with Gasteiger partial charge in [0.1, 0.15) is 0 Å². The summed E-state index contributed by atoms with van der Waals surface area (Å²) in [6, 6.07) is 28.3. The number of carbonyl (C=O) groups excluding carboxylic acids is 1. The Morgan fingerprint density at radius 1 is 0.692 bits per heavy atom. The lowest BCUT2D eigenvalue weighted by Gasteiger charge is -2.14. The van der Waals surface area contributed by atoms with Gasteiger partial charge in [-0.25, -0.2) is 0 Å². The van der Waals surface area contributed by atoms with Crippen molar-refractivity contribution in [2.75, 3.05) is 0 Å². The van der Waals surface area contributed by atoms with Gasteiger partial charge in [0.2, 0.25) is 6.41 Å². The molecule has 0 fully saturated rings. The van der Waals surface area contributed by atoms with E-state index >= 15 is 0 Å². The van der Waals surface area contributed by atoms with Crippen molar-refractivity contribution in [3.8, 4) is 11.1 Å². The van der Waals surface area contributed by atoms with Gasteiger partial charge in [0.25, 0.3) is 0 Å². The van der Waals surface area contributed by atoms with Crippen molar-refractivity contribution in [3.05, 3.63) is 78.9 Å². The average Bonchev–Trinajstić information content (AvgIpc) is 2.67. The van der Waals surface area contributed by atoms with Gasteiger partial charge in [-0.15, -0.1) is 12.6 Å². The Bertz CT molecular complexity index is 1200. The molecule has 0 aliphatic carbocycles. The molecule has 0 heterocycles. The van der Waals surface area contributed by atoms with Gasteiger partial charge in [-0.3, -0.25) is 4.79 Å². The lowest BCUT2D eigenvalue weighted by Crippen LogP contribution is -1.87. The molecular weight excluding hydrogens is 338 g/mol. The van der Waals surface area contributed by atoms with Crippen molar-refractivity contribution in [2.24, 2.45) is 5.73 Å². The molecule has 0 aromatic heterocycles. The van der Waals surface area contributed by atoms with Gasteiger partial charge in [-0.05, 0) is 55.6 Å². The quantitative estimate of drug-likeness (QED) is 0.228. The van der Waals surface area contributed by atoms with Crippen LogP contribution in [0.5, 0.6) is 0 Å². The van der Waals surface area contributed by atoms with Crippen LogP contribution in [0.3, 0.4) is 0 Å². The summed E-state index contributed by atoms with van der Waals surface area (Å²) in [4.78, 5) is 9.58. The highest BCUT2D eigenvalue weighted by Crippen LogP contribution is 2.39. The van der Waals surface area contributed by atoms with E-state index in [0.29, 0.717) is 0 Å². The molecular formula is C23H17NOS. The molecule has 1 amide bonds. The Morgan fingerprint density at radius 3 is 1.88 bits per heavy atom. The van der Waals surface area contributed by atoms with Crippen LogP contribution in [0, 0.1) is 0 Å². The molecule has 0 aliphatic heterocycles. The monoisotopic (exact) mass is 355 g/mol. The maximum atomic E-state index is 8.58. The van der Waals surface area contributed by atoms with Gasteiger partial charge < -0.3 is 5.73 Å². The Balaban J connectivity index is 0.000000527. The molecule has 2 nitrogen and oxygen atoms in total. The zero-order valence-corrected chi connectivity index (χ0v) is 14.9. The molecule has 0 bridgehead atoms. The molecule has 0 atom stereocenters. The summed E-state index contributed by atoms with van der Waals surface area (Å²) in [5.74, 6) is 0. The first-order valence-electron chi connectivity index (χ1n) is 8.34. The number of amides is 1. The predicted octanol–water partition coefficient (Wildman–Crippen LogP) is 5.64. The molecule has 0 radical (unpaired) electrons. The number of hydrogen-bond acceptors (Lipinski definition) is 2. The van der Waals surface area contributed by atoms with Crippen molar-refractivity contribution >= 4 is 51.4 Å². The van der Waals surface area contributed by atoms with E-state index in [2.05, 4.69) is 97.2 Å². The normalized spacial score (nSPS) is 10.8. The maximum Gasteiger partial charge on any atom is 0.204 e.